The molecule has 0 aliphatic heterocycles. The van der Waals surface area contributed by atoms with Gasteiger partial charge in [-0.15, -0.1) is 0 Å². The minimum atomic E-state index is 0.396. The van der Waals surface area contributed by atoms with E-state index in [4.69, 9.17) is 8.83 Å². The van der Waals surface area contributed by atoms with Crippen LogP contribution in [0.15, 0.2) is 185 Å². The van der Waals surface area contributed by atoms with Crippen molar-refractivity contribution >= 4 is 110 Å². The van der Waals surface area contributed by atoms with Crippen LogP contribution in [-0.4, -0.2) is 0 Å². The summed E-state index contributed by atoms with van der Waals surface area (Å²) in [5, 5.41) is 11.6. The van der Waals surface area contributed by atoms with Crippen molar-refractivity contribution in [1.82, 2.24) is 0 Å². The Morgan fingerprint density at radius 1 is 0.365 bits per heavy atom. The van der Waals surface area contributed by atoms with E-state index >= 15 is 0 Å². The minimum absolute atomic E-state index is 0.396. The van der Waals surface area contributed by atoms with Crippen molar-refractivity contribution < 1.29 is 8.83 Å². The van der Waals surface area contributed by atoms with Gasteiger partial charge in [0.15, 0.2) is 11.2 Å². The number of hydrogen-bond donors (Lipinski definition) is 0. The lowest BCUT2D eigenvalue weighted by Gasteiger charge is -2.32. The molecule has 304 valence electrons. The molecule has 63 heavy (non-hydrogen) atoms. The molecular formula is C59H46N2O2. The predicted octanol–water partition coefficient (Wildman–Crippen LogP) is 17.9. The molecule has 4 heteroatoms. The second-order valence-electron chi connectivity index (χ2n) is 17.8. The molecule has 0 N–H and O–H groups in total. The molecule has 0 fully saturated rings. The normalized spacial score (nSPS) is 12.2. The first kappa shape index (κ1) is 37.2. The van der Waals surface area contributed by atoms with Crippen LogP contribution in [0.5, 0.6) is 0 Å². The Balaban J connectivity index is 1.24. The topological polar surface area (TPSA) is 32.8 Å². The summed E-state index contributed by atoms with van der Waals surface area (Å²) in [6.07, 6.45) is 0. The van der Waals surface area contributed by atoms with E-state index in [9.17, 15) is 0 Å². The van der Waals surface area contributed by atoms with Gasteiger partial charge in [0.1, 0.15) is 11.2 Å². The van der Waals surface area contributed by atoms with Crippen molar-refractivity contribution in [1.29, 1.82) is 0 Å². The fourth-order valence-corrected chi connectivity index (χ4v) is 10.1. The van der Waals surface area contributed by atoms with Gasteiger partial charge in [-0.25, -0.2) is 0 Å². The Bertz CT molecular complexity index is 3470. The number of fused-ring (bicyclic) bond motifs is 6. The quantitative estimate of drug-likeness (QED) is 0.143. The van der Waals surface area contributed by atoms with Crippen LogP contribution in [0.2, 0.25) is 0 Å². The van der Waals surface area contributed by atoms with Gasteiger partial charge in [0.25, 0.3) is 0 Å². The Morgan fingerprint density at radius 2 is 0.794 bits per heavy atom. The third-order valence-corrected chi connectivity index (χ3v) is 13.2. The maximum absolute atomic E-state index is 6.87. The fraction of sp³-hybridized carbons (Fsp3) is 0.119. The highest BCUT2D eigenvalue weighted by Gasteiger charge is 2.28. The number of hydrogen-bond acceptors (Lipinski definition) is 4. The van der Waals surface area contributed by atoms with Gasteiger partial charge in [-0.2, -0.15) is 0 Å². The van der Waals surface area contributed by atoms with Crippen molar-refractivity contribution in [3.05, 3.63) is 193 Å². The zero-order valence-electron chi connectivity index (χ0n) is 36.1. The molecule has 0 radical (unpaired) electrons. The van der Waals surface area contributed by atoms with Crippen molar-refractivity contribution in [2.75, 3.05) is 9.80 Å². The van der Waals surface area contributed by atoms with Gasteiger partial charge < -0.3 is 18.6 Å². The van der Waals surface area contributed by atoms with Crippen LogP contribution in [0.25, 0.3) is 76.2 Å². The van der Waals surface area contributed by atoms with E-state index in [0.29, 0.717) is 11.8 Å². The number of aryl methyl sites for hydroxylation is 1. The molecule has 0 saturated carbocycles. The molecule has 2 heterocycles. The summed E-state index contributed by atoms with van der Waals surface area (Å²) in [5.41, 5.74) is 13.4. The molecular weight excluding hydrogens is 769 g/mol. The molecule has 10 aromatic carbocycles. The summed E-state index contributed by atoms with van der Waals surface area (Å²) >= 11 is 0. The first-order valence-electron chi connectivity index (χ1n) is 22.1. The largest absolute Gasteiger partial charge is 0.454 e. The van der Waals surface area contributed by atoms with Gasteiger partial charge in [0, 0.05) is 49.1 Å². The zero-order chi connectivity index (χ0) is 42.5. The first-order chi connectivity index (χ1) is 30.8. The van der Waals surface area contributed by atoms with Crippen LogP contribution in [0.4, 0.5) is 34.1 Å². The molecule has 0 aliphatic carbocycles. The lowest BCUT2D eigenvalue weighted by Crippen LogP contribution is -2.15. The SMILES string of the molecule is Cc1cc2ccc3c(N(c4ccc(C(C)C)cc4)c4cccc5c4oc4ccccc45)cc(N(c4ccc(C(C)C)cc4)c4cccc5c4oc4ccccc45)c4ccc(c1)c2c34. The molecule has 0 amide bonds. The van der Waals surface area contributed by atoms with E-state index in [1.807, 2.05) is 12.1 Å². The third kappa shape index (κ3) is 5.82. The second-order valence-corrected chi connectivity index (χ2v) is 17.8. The molecule has 0 spiro atoms. The molecule has 0 bridgehead atoms. The van der Waals surface area contributed by atoms with Crippen LogP contribution in [-0.2, 0) is 0 Å². The number of benzene rings is 10. The van der Waals surface area contributed by atoms with E-state index in [2.05, 4.69) is 208 Å². The summed E-state index contributed by atoms with van der Waals surface area (Å²) in [7, 11) is 0. The molecule has 0 aliphatic rings. The number of rotatable bonds is 8. The fourth-order valence-electron chi connectivity index (χ4n) is 10.1. The maximum Gasteiger partial charge on any atom is 0.159 e. The monoisotopic (exact) mass is 814 g/mol. The van der Waals surface area contributed by atoms with Crippen molar-refractivity contribution in [3.8, 4) is 0 Å². The number of anilines is 6. The number of furan rings is 2. The van der Waals surface area contributed by atoms with Crippen LogP contribution < -0.4 is 9.80 Å². The van der Waals surface area contributed by atoms with E-state index in [1.54, 1.807) is 0 Å². The van der Waals surface area contributed by atoms with Gasteiger partial charge in [-0.3, -0.25) is 0 Å². The summed E-state index contributed by atoms with van der Waals surface area (Å²) in [6, 6.07) is 64.3. The molecule has 2 aromatic heterocycles. The average molecular weight is 815 g/mol. The number of nitrogens with zero attached hydrogens (tertiary/aromatic N) is 2. The molecule has 0 saturated heterocycles. The Kier molecular flexibility index (Phi) is 8.42. The van der Waals surface area contributed by atoms with E-state index in [-0.39, 0.29) is 0 Å². The molecule has 0 unspecified atom stereocenters. The van der Waals surface area contributed by atoms with Gasteiger partial charge in [0.05, 0.1) is 22.7 Å². The summed E-state index contributed by atoms with van der Waals surface area (Å²) in [5.74, 6) is 0.792. The van der Waals surface area contributed by atoms with Crippen molar-refractivity contribution in [2.24, 2.45) is 0 Å². The molecule has 12 aromatic rings. The van der Waals surface area contributed by atoms with E-state index in [0.717, 1.165) is 88.8 Å². The van der Waals surface area contributed by atoms with Gasteiger partial charge in [-0.05, 0) is 106 Å². The summed E-state index contributed by atoms with van der Waals surface area (Å²) < 4.78 is 13.7. The highest BCUT2D eigenvalue weighted by Crippen LogP contribution is 2.53. The van der Waals surface area contributed by atoms with Crippen molar-refractivity contribution in [2.45, 2.75) is 46.5 Å². The molecule has 4 nitrogen and oxygen atoms in total. The zero-order valence-corrected chi connectivity index (χ0v) is 36.1. The standard InChI is InChI=1S/C59H46N2O2/c1-35(2)38-20-26-42(27-21-38)60(50-16-10-14-46-44-12-6-8-18-54(44)62-58(46)50)52-34-53(49-31-25-41-33-37(5)32-40-24-30-48(52)57(49)56(40)41)61(43-28-22-39(23-29-43)36(3)4)51-17-11-15-47-45-13-7-9-19-55(45)63-59(47)51/h6-36H,1-5H3. The van der Waals surface area contributed by atoms with Crippen LogP contribution in [0.1, 0.15) is 56.2 Å². The maximum atomic E-state index is 6.87. The molecule has 12 rings (SSSR count). The lowest BCUT2D eigenvalue weighted by molar-refractivity contribution is 0.669. The predicted molar refractivity (Wildman–Crippen MR) is 267 cm³/mol. The first-order valence-corrected chi connectivity index (χ1v) is 22.1. The van der Waals surface area contributed by atoms with Gasteiger partial charge >= 0.3 is 0 Å². The molecule has 0 atom stereocenters. The van der Waals surface area contributed by atoms with Gasteiger partial charge in [-0.1, -0.05) is 149 Å². The van der Waals surface area contributed by atoms with Crippen molar-refractivity contribution in [3.63, 3.8) is 0 Å². The van der Waals surface area contributed by atoms with Crippen LogP contribution in [0.3, 0.4) is 0 Å². The summed E-state index contributed by atoms with van der Waals surface area (Å²) in [4.78, 5) is 4.86. The van der Waals surface area contributed by atoms with Crippen LogP contribution >= 0.6 is 0 Å². The second kappa shape index (κ2) is 14.3. The Labute approximate surface area is 366 Å². The van der Waals surface area contributed by atoms with E-state index in [1.165, 1.54) is 38.2 Å². The van der Waals surface area contributed by atoms with Crippen LogP contribution in [0, 0.1) is 6.92 Å². The number of para-hydroxylation sites is 4. The Morgan fingerprint density at radius 3 is 1.24 bits per heavy atom. The smallest absolute Gasteiger partial charge is 0.159 e. The third-order valence-electron chi connectivity index (χ3n) is 13.2. The highest BCUT2D eigenvalue weighted by atomic mass is 16.3. The average Bonchev–Trinajstić information content (AvgIpc) is 3.89. The Hall–Kier alpha value is -7.56. The minimum Gasteiger partial charge on any atom is -0.454 e. The summed E-state index contributed by atoms with van der Waals surface area (Å²) in [6.45, 7) is 11.2. The highest BCUT2D eigenvalue weighted by molar-refractivity contribution is 6.29. The van der Waals surface area contributed by atoms with E-state index < -0.39 is 0 Å². The van der Waals surface area contributed by atoms with Gasteiger partial charge in [0.2, 0.25) is 0 Å². The lowest BCUT2D eigenvalue weighted by atomic mass is 9.90.